The molecule has 1 aliphatic heterocycles. The first-order chi connectivity index (χ1) is 14.3. The molecule has 1 aromatic rings. The van der Waals surface area contributed by atoms with Crippen molar-refractivity contribution in [3.05, 3.63) is 35.6 Å². The molecule has 2 aliphatic rings. The molecular weight excluding hydrogens is 429 g/mol. The van der Waals surface area contributed by atoms with Gasteiger partial charge in [-0.1, -0.05) is 18.2 Å². The van der Waals surface area contributed by atoms with Crippen molar-refractivity contribution in [3.8, 4) is 0 Å². The van der Waals surface area contributed by atoms with Crippen LogP contribution in [0, 0.1) is 5.82 Å². The van der Waals surface area contributed by atoms with Crippen LogP contribution in [0.2, 0.25) is 0 Å². The number of hydrogen-bond acceptors (Lipinski definition) is 8. The third-order valence-corrected chi connectivity index (χ3v) is 7.40. The van der Waals surface area contributed by atoms with E-state index in [0.717, 1.165) is 4.31 Å². The van der Waals surface area contributed by atoms with Gasteiger partial charge in [0.2, 0.25) is 16.0 Å². The molecule has 0 spiro atoms. The highest BCUT2D eigenvalue weighted by atomic mass is 32.2. The summed E-state index contributed by atoms with van der Waals surface area (Å²) in [6, 6.07) is 5.66. The van der Waals surface area contributed by atoms with E-state index >= 15 is 0 Å². The Kier molecular flexibility index (Phi) is 5.74. The number of halogens is 1. The van der Waals surface area contributed by atoms with Gasteiger partial charge in [-0.05, 0) is 33.3 Å². The first-order valence-electron chi connectivity index (χ1n) is 9.58. The summed E-state index contributed by atoms with van der Waals surface area (Å²) >= 11 is 0. The zero-order chi connectivity index (χ0) is 23.2. The number of benzene rings is 1. The van der Waals surface area contributed by atoms with Gasteiger partial charge in [0.1, 0.15) is 22.2 Å². The summed E-state index contributed by atoms with van der Waals surface area (Å²) in [7, 11) is -2.95. The number of carbonyl (C=O) groups is 1. The third-order valence-electron chi connectivity index (χ3n) is 5.18. The third kappa shape index (κ3) is 3.97. The van der Waals surface area contributed by atoms with Crippen LogP contribution in [0.1, 0.15) is 39.2 Å². The maximum absolute atomic E-state index is 14.8. The molecule has 170 valence electrons. The summed E-state index contributed by atoms with van der Waals surface area (Å²) in [5.74, 6) is -1.04. The largest absolute Gasteiger partial charge is 0.442 e. The number of ether oxygens (including phenoxy) is 1. The van der Waals surface area contributed by atoms with Crippen LogP contribution in [0.5, 0.6) is 0 Å². The molecule has 0 aromatic heterocycles. The zero-order valence-corrected chi connectivity index (χ0v) is 18.6. The Morgan fingerprint density at radius 2 is 2.10 bits per heavy atom. The van der Waals surface area contributed by atoms with Crippen LogP contribution in [0.3, 0.4) is 0 Å². The van der Waals surface area contributed by atoms with Gasteiger partial charge in [-0.2, -0.15) is 5.10 Å². The molecule has 1 aromatic carbocycles. The second kappa shape index (κ2) is 7.75. The number of nitrogens with zero attached hydrogens (tertiary/aromatic N) is 4. The first kappa shape index (κ1) is 22.9. The molecule has 0 radical (unpaired) electrons. The number of carbonyl (C=O) groups excluding carboxylic acids is 1. The molecule has 1 aliphatic carbocycles. The van der Waals surface area contributed by atoms with Gasteiger partial charge >= 0.3 is 6.09 Å². The first-order valence-corrected chi connectivity index (χ1v) is 11.1. The van der Waals surface area contributed by atoms with E-state index in [9.17, 15) is 22.7 Å². The van der Waals surface area contributed by atoms with Crippen molar-refractivity contribution in [2.24, 2.45) is 10.1 Å². The average Bonchev–Trinajstić information content (AvgIpc) is 3.00. The number of fused-ring (bicyclic) bond motifs is 1. The van der Waals surface area contributed by atoms with Gasteiger partial charge in [-0.25, -0.2) is 32.4 Å². The van der Waals surface area contributed by atoms with Crippen molar-refractivity contribution in [2.75, 3.05) is 7.05 Å². The molecule has 31 heavy (non-hydrogen) atoms. The van der Waals surface area contributed by atoms with Gasteiger partial charge in [-0.15, -0.1) is 5.01 Å². The topological polar surface area (TPSA) is 124 Å². The molecule has 2 N–H and O–H groups in total. The van der Waals surface area contributed by atoms with Crippen LogP contribution in [-0.4, -0.2) is 65.6 Å². The number of sulfonamides is 1. The smallest absolute Gasteiger partial charge is 0.437 e. The summed E-state index contributed by atoms with van der Waals surface area (Å²) < 4.78 is 47.8. The number of aliphatic hydroxyl groups is 1. The van der Waals surface area contributed by atoms with Crippen molar-refractivity contribution in [3.63, 3.8) is 0 Å². The normalized spacial score (nSPS) is 27.2. The number of rotatable bonds is 3. The molecule has 10 nitrogen and oxygen atoms in total. The molecular formula is C19H26FN5O5S. The average molecular weight is 456 g/mol. The highest BCUT2D eigenvalue weighted by Gasteiger charge is 2.60. The number of aliphatic imine (C=N–C) groups is 1. The summed E-state index contributed by atoms with van der Waals surface area (Å²) in [4.78, 5) is 17.3. The second-order valence-electron chi connectivity index (χ2n) is 8.48. The van der Waals surface area contributed by atoms with Gasteiger partial charge in [0.05, 0.1) is 6.10 Å². The van der Waals surface area contributed by atoms with E-state index < -0.39 is 44.4 Å². The fourth-order valence-corrected chi connectivity index (χ4v) is 5.91. The lowest BCUT2D eigenvalue weighted by Crippen LogP contribution is -2.61. The van der Waals surface area contributed by atoms with E-state index in [1.807, 2.05) is 0 Å². The maximum atomic E-state index is 14.8. The van der Waals surface area contributed by atoms with Gasteiger partial charge in [0.15, 0.2) is 0 Å². The Morgan fingerprint density at radius 3 is 2.68 bits per heavy atom. The molecule has 1 saturated carbocycles. The van der Waals surface area contributed by atoms with E-state index in [0.29, 0.717) is 5.01 Å². The van der Waals surface area contributed by atoms with E-state index in [4.69, 9.17) is 4.74 Å². The van der Waals surface area contributed by atoms with Gasteiger partial charge in [0.25, 0.3) is 0 Å². The predicted octanol–water partition coefficient (Wildman–Crippen LogP) is 1.53. The standard InChI is InChI=1S/C19H26FN5O5S/c1-18(2,3)30-17(27)25(23-21-4)16-22-19(13-8-6-7-9-14(13)20)11-12(26)10-15(19)31(28,29)24(16)5/h6-9,12,15,23,26H,4,10-11H2,1-3,5H3. The lowest BCUT2D eigenvalue weighted by molar-refractivity contribution is 0.0281. The van der Waals surface area contributed by atoms with Crippen LogP contribution in [-0.2, 0) is 20.3 Å². The SMILES string of the molecule is C=NNN(C(=O)OC(C)(C)C)C1=NC2(c3ccccc3F)CC(O)CC2S(=O)(=O)N1C. The molecule has 0 bridgehead atoms. The quantitative estimate of drug-likeness (QED) is 0.526. The molecule has 3 rings (SSSR count). The lowest BCUT2D eigenvalue weighted by atomic mass is 9.87. The minimum Gasteiger partial charge on any atom is -0.442 e. The van der Waals surface area contributed by atoms with Gasteiger partial charge < -0.3 is 9.84 Å². The van der Waals surface area contributed by atoms with Crippen molar-refractivity contribution >= 4 is 28.8 Å². The van der Waals surface area contributed by atoms with E-state index in [1.54, 1.807) is 26.8 Å². The Hall–Kier alpha value is -2.73. The van der Waals surface area contributed by atoms with Crippen LogP contribution in [0.25, 0.3) is 0 Å². The number of aliphatic hydroxyl groups excluding tert-OH is 1. The Bertz CT molecular complexity index is 1020. The molecule has 1 heterocycles. The van der Waals surface area contributed by atoms with Crippen molar-refractivity contribution in [1.82, 2.24) is 14.8 Å². The van der Waals surface area contributed by atoms with Crippen molar-refractivity contribution in [2.45, 2.75) is 56.1 Å². The molecule has 3 atom stereocenters. The minimum atomic E-state index is -4.16. The van der Waals surface area contributed by atoms with E-state index in [1.165, 1.54) is 25.2 Å². The van der Waals surface area contributed by atoms with E-state index in [-0.39, 0.29) is 24.4 Å². The Labute approximate surface area is 180 Å². The maximum Gasteiger partial charge on any atom is 0.437 e. The molecule has 1 amide bonds. The number of guanidine groups is 1. The zero-order valence-electron chi connectivity index (χ0n) is 17.7. The summed E-state index contributed by atoms with van der Waals surface area (Å²) in [6.07, 6.45) is -2.28. The molecule has 0 saturated heterocycles. The van der Waals surface area contributed by atoms with Crippen LogP contribution < -0.4 is 5.53 Å². The monoisotopic (exact) mass is 455 g/mol. The molecule has 12 heteroatoms. The minimum absolute atomic E-state index is 0.0152. The summed E-state index contributed by atoms with van der Waals surface area (Å²) in [6.45, 7) is 8.18. The number of amides is 1. The molecule has 1 fully saturated rings. The second-order valence-corrected chi connectivity index (χ2v) is 10.6. The van der Waals surface area contributed by atoms with Crippen molar-refractivity contribution in [1.29, 1.82) is 0 Å². The Balaban J connectivity index is 2.25. The van der Waals surface area contributed by atoms with Crippen LogP contribution in [0.4, 0.5) is 9.18 Å². The highest BCUT2D eigenvalue weighted by molar-refractivity contribution is 7.90. The summed E-state index contributed by atoms with van der Waals surface area (Å²) in [5.41, 5.74) is -0.235. The lowest BCUT2D eigenvalue weighted by Gasteiger charge is -2.42. The fraction of sp³-hybridized carbons (Fsp3) is 0.526. The van der Waals surface area contributed by atoms with Gasteiger partial charge in [-0.3, -0.25) is 0 Å². The number of nitrogens with one attached hydrogen (secondary N) is 1. The fourth-order valence-electron chi connectivity index (χ4n) is 3.95. The predicted molar refractivity (Wildman–Crippen MR) is 112 cm³/mol. The van der Waals surface area contributed by atoms with Crippen molar-refractivity contribution < 1.29 is 27.4 Å². The van der Waals surface area contributed by atoms with Crippen LogP contribution >= 0.6 is 0 Å². The van der Waals surface area contributed by atoms with E-state index in [2.05, 4.69) is 22.3 Å². The van der Waals surface area contributed by atoms with Gasteiger partial charge in [0, 0.05) is 25.7 Å². The number of hydrazone groups is 1. The Morgan fingerprint density at radius 1 is 1.45 bits per heavy atom. The number of hydrogen-bond donors (Lipinski definition) is 2. The number of hydrazine groups is 1. The molecule has 3 unspecified atom stereocenters. The summed E-state index contributed by atoms with van der Waals surface area (Å²) in [5, 5.41) is 13.3. The van der Waals surface area contributed by atoms with Crippen LogP contribution in [0.15, 0.2) is 34.4 Å². The highest BCUT2D eigenvalue weighted by Crippen LogP contribution is 2.50.